The molecule has 0 N–H and O–H groups in total. The van der Waals surface area contributed by atoms with Gasteiger partial charge in [-0.25, -0.2) is 9.97 Å². The Morgan fingerprint density at radius 3 is 1.61 bits per heavy atom. The summed E-state index contributed by atoms with van der Waals surface area (Å²) in [6.07, 6.45) is 3.66. The zero-order chi connectivity index (χ0) is 35.6. The second-order valence-electron chi connectivity index (χ2n) is 14.1. The minimum Gasteiger partial charge on any atom is -0.237 e. The van der Waals surface area contributed by atoms with Gasteiger partial charge in [-0.1, -0.05) is 152 Å². The monoisotopic (exact) mass is 684 g/mol. The fraction of sp³-hybridized carbons (Fsp3) is 0. The Morgan fingerprint density at radius 2 is 0.815 bits per heavy atom. The Labute approximate surface area is 312 Å². The van der Waals surface area contributed by atoms with Gasteiger partial charge in [0.25, 0.3) is 0 Å². The first kappa shape index (κ1) is 30.5. The van der Waals surface area contributed by atoms with Gasteiger partial charge in [0, 0.05) is 18.0 Å². The van der Waals surface area contributed by atoms with Crippen LogP contribution in [0.15, 0.2) is 194 Å². The van der Waals surface area contributed by atoms with Crippen LogP contribution in [-0.2, 0) is 0 Å². The number of nitrogens with zero attached hydrogens (tertiary/aromatic N) is 2. The number of fused-ring (bicyclic) bond motifs is 8. The van der Waals surface area contributed by atoms with Crippen LogP contribution in [0.1, 0.15) is 0 Å². The van der Waals surface area contributed by atoms with Gasteiger partial charge in [0.15, 0.2) is 5.82 Å². The van der Waals surface area contributed by atoms with E-state index in [2.05, 4.69) is 176 Å². The molecule has 0 unspecified atom stereocenters. The second kappa shape index (κ2) is 12.2. The van der Waals surface area contributed by atoms with Crippen molar-refractivity contribution < 1.29 is 0 Å². The van der Waals surface area contributed by atoms with Gasteiger partial charge in [0.2, 0.25) is 0 Å². The minimum absolute atomic E-state index is 0.732. The predicted molar refractivity (Wildman–Crippen MR) is 229 cm³/mol. The number of hydrogen-bond acceptors (Lipinski definition) is 2. The van der Waals surface area contributed by atoms with Crippen molar-refractivity contribution in [3.8, 4) is 44.8 Å². The molecule has 0 atom stereocenters. The number of hydrogen-bond donors (Lipinski definition) is 0. The smallest absolute Gasteiger partial charge is 0.160 e. The van der Waals surface area contributed by atoms with E-state index in [1.54, 1.807) is 0 Å². The van der Waals surface area contributed by atoms with Gasteiger partial charge in [-0.05, 0) is 128 Å². The van der Waals surface area contributed by atoms with E-state index in [0.29, 0.717) is 0 Å². The summed E-state index contributed by atoms with van der Waals surface area (Å²) in [4.78, 5) is 9.54. The number of benzene rings is 10. The summed E-state index contributed by atoms with van der Waals surface area (Å²) in [6.45, 7) is 0. The van der Waals surface area contributed by atoms with Gasteiger partial charge in [-0.15, -0.1) is 0 Å². The molecule has 11 rings (SSSR count). The van der Waals surface area contributed by atoms with Gasteiger partial charge in [-0.3, -0.25) is 0 Å². The van der Waals surface area contributed by atoms with E-state index in [4.69, 9.17) is 9.97 Å². The molecule has 0 amide bonds. The maximum Gasteiger partial charge on any atom is 0.160 e. The molecule has 0 saturated heterocycles. The molecule has 2 heteroatoms. The molecule has 0 radical (unpaired) electrons. The highest BCUT2D eigenvalue weighted by atomic mass is 14.9. The van der Waals surface area contributed by atoms with Crippen LogP contribution in [0.2, 0.25) is 0 Å². The van der Waals surface area contributed by atoms with Crippen LogP contribution in [0.25, 0.3) is 109 Å². The predicted octanol–water partition coefficient (Wildman–Crippen LogP) is 14.1. The average Bonchev–Trinajstić information content (AvgIpc) is 3.25. The first-order valence-corrected chi connectivity index (χ1v) is 18.5. The molecule has 0 bridgehead atoms. The lowest BCUT2D eigenvalue weighted by Crippen LogP contribution is -1.94. The molecule has 0 aliphatic carbocycles. The van der Waals surface area contributed by atoms with Gasteiger partial charge >= 0.3 is 0 Å². The lowest BCUT2D eigenvalue weighted by molar-refractivity contribution is 1.18. The maximum atomic E-state index is 4.77. The van der Waals surface area contributed by atoms with Crippen LogP contribution < -0.4 is 0 Å². The van der Waals surface area contributed by atoms with Crippen molar-refractivity contribution in [1.29, 1.82) is 0 Å². The van der Waals surface area contributed by atoms with Crippen molar-refractivity contribution in [3.05, 3.63) is 194 Å². The first-order chi connectivity index (χ1) is 26.8. The molecule has 54 heavy (non-hydrogen) atoms. The highest BCUT2D eigenvalue weighted by molar-refractivity contribution is 6.23. The molecule has 2 nitrogen and oxygen atoms in total. The van der Waals surface area contributed by atoms with Crippen molar-refractivity contribution in [3.63, 3.8) is 0 Å². The molecular weight excluding hydrogens is 653 g/mol. The third-order valence-corrected chi connectivity index (χ3v) is 11.1. The van der Waals surface area contributed by atoms with E-state index in [1.165, 1.54) is 87.2 Å². The van der Waals surface area contributed by atoms with Gasteiger partial charge in [0.05, 0.1) is 0 Å². The normalized spacial score (nSPS) is 11.7. The van der Waals surface area contributed by atoms with Crippen LogP contribution in [0, 0.1) is 0 Å². The highest BCUT2D eigenvalue weighted by Crippen LogP contribution is 2.45. The summed E-state index contributed by atoms with van der Waals surface area (Å²) in [5.74, 6) is 0.732. The minimum atomic E-state index is 0.732. The van der Waals surface area contributed by atoms with Crippen LogP contribution in [0.5, 0.6) is 0 Å². The summed E-state index contributed by atoms with van der Waals surface area (Å²) >= 11 is 0. The molecule has 250 valence electrons. The quantitative estimate of drug-likeness (QED) is 0.136. The molecule has 0 fully saturated rings. The van der Waals surface area contributed by atoms with E-state index in [0.717, 1.165) is 22.2 Å². The Balaban J connectivity index is 1.12. The SMILES string of the molecule is c1ccc(-c2ccc3c(-c4ccc5cc(-c6cc7c8ccccc8ccc7c7ccccc67)ccc5c4)c4ccccc4c(-c4ncccn4)c3c2)cc1. The Hall–Kier alpha value is -7.16. The van der Waals surface area contributed by atoms with Crippen molar-refractivity contribution in [1.82, 2.24) is 9.97 Å². The topological polar surface area (TPSA) is 25.8 Å². The first-order valence-electron chi connectivity index (χ1n) is 18.5. The Kier molecular flexibility index (Phi) is 6.90. The third kappa shape index (κ3) is 4.81. The standard InChI is InChI=1S/C52H32N2/c1-2-11-33(12-3-1)37-24-26-46-49(31-37)51(52-53-27-10-28-54-52)45-18-9-8-17-44(45)50(46)39-22-20-35-29-38(21-19-36(35)30-39)47-32-48-40-14-5-4-13-34(40)23-25-43(48)41-15-6-7-16-42(41)47/h1-32H. The molecule has 11 aromatic rings. The van der Waals surface area contributed by atoms with Crippen LogP contribution >= 0.6 is 0 Å². The second-order valence-corrected chi connectivity index (χ2v) is 14.1. The summed E-state index contributed by atoms with van der Waals surface area (Å²) in [6, 6.07) is 66.4. The number of rotatable bonds is 4. The maximum absolute atomic E-state index is 4.77. The zero-order valence-electron chi connectivity index (χ0n) is 29.4. The summed E-state index contributed by atoms with van der Waals surface area (Å²) in [5, 5.41) is 14.8. The molecule has 0 spiro atoms. The molecular formula is C52H32N2. The Morgan fingerprint density at radius 1 is 0.259 bits per heavy atom. The van der Waals surface area contributed by atoms with Gasteiger partial charge in [-0.2, -0.15) is 0 Å². The van der Waals surface area contributed by atoms with E-state index in [1.807, 2.05) is 18.5 Å². The lowest BCUT2D eigenvalue weighted by Gasteiger charge is -2.18. The van der Waals surface area contributed by atoms with Crippen molar-refractivity contribution in [2.24, 2.45) is 0 Å². The van der Waals surface area contributed by atoms with Crippen molar-refractivity contribution in [2.45, 2.75) is 0 Å². The molecule has 1 heterocycles. The average molecular weight is 685 g/mol. The van der Waals surface area contributed by atoms with E-state index < -0.39 is 0 Å². The molecule has 0 aliphatic rings. The summed E-state index contributed by atoms with van der Waals surface area (Å²) in [7, 11) is 0. The molecule has 0 saturated carbocycles. The fourth-order valence-electron chi connectivity index (χ4n) is 8.64. The highest BCUT2D eigenvalue weighted by Gasteiger charge is 2.19. The van der Waals surface area contributed by atoms with E-state index >= 15 is 0 Å². The molecule has 0 aliphatic heterocycles. The van der Waals surface area contributed by atoms with E-state index in [9.17, 15) is 0 Å². The van der Waals surface area contributed by atoms with Crippen LogP contribution in [0.3, 0.4) is 0 Å². The Bertz CT molecular complexity index is 3260. The third-order valence-electron chi connectivity index (χ3n) is 11.1. The van der Waals surface area contributed by atoms with Gasteiger partial charge < -0.3 is 0 Å². The van der Waals surface area contributed by atoms with E-state index in [-0.39, 0.29) is 0 Å². The van der Waals surface area contributed by atoms with Crippen molar-refractivity contribution in [2.75, 3.05) is 0 Å². The number of aromatic nitrogens is 2. The zero-order valence-corrected chi connectivity index (χ0v) is 29.4. The van der Waals surface area contributed by atoms with Crippen LogP contribution in [-0.4, -0.2) is 9.97 Å². The van der Waals surface area contributed by atoms with Crippen molar-refractivity contribution >= 4 is 64.6 Å². The summed E-state index contributed by atoms with van der Waals surface area (Å²) < 4.78 is 0. The van der Waals surface area contributed by atoms with Gasteiger partial charge in [0.1, 0.15) is 0 Å². The lowest BCUT2D eigenvalue weighted by atomic mass is 9.86. The molecule has 10 aromatic carbocycles. The summed E-state index contributed by atoms with van der Waals surface area (Å²) in [5.41, 5.74) is 8.29. The van der Waals surface area contributed by atoms with Crippen LogP contribution in [0.4, 0.5) is 0 Å². The molecule has 1 aromatic heterocycles. The fourth-order valence-corrected chi connectivity index (χ4v) is 8.64. The largest absolute Gasteiger partial charge is 0.237 e.